The second-order valence-corrected chi connectivity index (χ2v) is 10.0. The molecular formula is C26H27FN6O4S. The van der Waals surface area contributed by atoms with E-state index < -0.39 is 17.8 Å². The van der Waals surface area contributed by atoms with Gasteiger partial charge in [-0.3, -0.25) is 9.59 Å². The summed E-state index contributed by atoms with van der Waals surface area (Å²) in [6.45, 7) is 2.71. The molecule has 10 nitrogen and oxygen atoms in total. The second-order valence-electron chi connectivity index (χ2n) is 8.99. The van der Waals surface area contributed by atoms with Crippen molar-refractivity contribution in [2.24, 2.45) is 0 Å². The molecule has 1 saturated heterocycles. The van der Waals surface area contributed by atoms with Crippen LogP contribution in [0.2, 0.25) is 0 Å². The van der Waals surface area contributed by atoms with Crippen molar-refractivity contribution < 1.29 is 23.1 Å². The van der Waals surface area contributed by atoms with Gasteiger partial charge in [0, 0.05) is 18.0 Å². The molecule has 38 heavy (non-hydrogen) atoms. The molecule has 1 aromatic carbocycles. The quantitative estimate of drug-likeness (QED) is 0.329. The molecule has 12 heteroatoms. The smallest absolute Gasteiger partial charge is 0.247 e. The predicted octanol–water partition coefficient (Wildman–Crippen LogP) is 3.51. The number of nitrogens with one attached hydrogen (secondary N) is 1. The molecule has 0 radical (unpaired) electrons. The summed E-state index contributed by atoms with van der Waals surface area (Å²) in [7, 11) is 0. The Hall–Kier alpha value is -3.90. The van der Waals surface area contributed by atoms with Gasteiger partial charge in [-0.25, -0.2) is 4.39 Å². The molecule has 0 spiro atoms. The molecular weight excluding hydrogens is 511 g/mol. The number of furan rings is 1. The monoisotopic (exact) mass is 538 g/mol. The number of aryl methyl sites for hydroxylation is 1. The molecule has 4 aromatic rings. The number of rotatable bonds is 10. The largest absolute Gasteiger partial charge is 0.458 e. The van der Waals surface area contributed by atoms with Crippen LogP contribution in [-0.4, -0.2) is 56.2 Å². The summed E-state index contributed by atoms with van der Waals surface area (Å²) < 4.78 is 25.0. The first-order valence-electron chi connectivity index (χ1n) is 12.3. The number of thiophene rings is 1. The third-order valence-electron chi connectivity index (χ3n) is 6.19. The van der Waals surface area contributed by atoms with Crippen molar-refractivity contribution in [3.63, 3.8) is 0 Å². The highest BCUT2D eigenvalue weighted by Gasteiger charge is 2.33. The first-order valence-corrected chi connectivity index (χ1v) is 13.2. The van der Waals surface area contributed by atoms with Gasteiger partial charge in [0.05, 0.1) is 12.6 Å². The van der Waals surface area contributed by atoms with E-state index in [1.807, 2.05) is 17.5 Å². The molecule has 4 heterocycles. The van der Waals surface area contributed by atoms with Gasteiger partial charge in [-0.15, -0.1) is 21.5 Å². The van der Waals surface area contributed by atoms with E-state index in [4.69, 9.17) is 9.15 Å². The fraction of sp³-hybridized carbons (Fsp3) is 0.346. The fourth-order valence-corrected chi connectivity index (χ4v) is 5.01. The van der Waals surface area contributed by atoms with Gasteiger partial charge in [0.25, 0.3) is 0 Å². The number of halogens is 1. The fourth-order valence-electron chi connectivity index (χ4n) is 4.30. The highest BCUT2D eigenvalue weighted by atomic mass is 32.1. The number of ether oxygens (including phenoxy) is 1. The number of aromatic nitrogens is 4. The van der Waals surface area contributed by atoms with Crippen molar-refractivity contribution in [2.45, 2.75) is 45.0 Å². The molecule has 0 saturated carbocycles. The Morgan fingerprint density at radius 1 is 1.24 bits per heavy atom. The lowest BCUT2D eigenvalue weighted by atomic mass is 10.0. The van der Waals surface area contributed by atoms with Crippen LogP contribution in [0.15, 0.2) is 58.3 Å². The van der Waals surface area contributed by atoms with Crippen LogP contribution < -0.4 is 5.32 Å². The summed E-state index contributed by atoms with van der Waals surface area (Å²) in [6, 6.07) is 11.9. The van der Waals surface area contributed by atoms with E-state index in [2.05, 4.69) is 20.7 Å². The zero-order valence-corrected chi connectivity index (χ0v) is 21.6. The SMILES string of the molecule is Cc1ccc(-c2nnn(CC(=O)N(Cc3cccs3)[C@@H](C(=O)NC[C@H]3CCCO3)c3ccc(F)cc3)n2)o1. The highest BCUT2D eigenvalue weighted by molar-refractivity contribution is 7.09. The van der Waals surface area contributed by atoms with Crippen molar-refractivity contribution in [1.82, 2.24) is 30.4 Å². The van der Waals surface area contributed by atoms with Gasteiger partial charge in [0.2, 0.25) is 17.6 Å². The van der Waals surface area contributed by atoms with Gasteiger partial charge in [-0.05, 0) is 66.3 Å². The van der Waals surface area contributed by atoms with Crippen molar-refractivity contribution in [1.29, 1.82) is 0 Å². The van der Waals surface area contributed by atoms with Gasteiger partial charge in [-0.2, -0.15) is 4.80 Å². The maximum absolute atomic E-state index is 13.8. The van der Waals surface area contributed by atoms with Crippen LogP contribution in [0.3, 0.4) is 0 Å². The van der Waals surface area contributed by atoms with E-state index >= 15 is 0 Å². The third kappa shape index (κ3) is 6.14. The molecule has 1 aliphatic heterocycles. The molecule has 1 aliphatic rings. The summed E-state index contributed by atoms with van der Waals surface area (Å²) in [5.74, 6) is 0.172. The van der Waals surface area contributed by atoms with E-state index in [1.165, 1.54) is 45.3 Å². The maximum Gasteiger partial charge on any atom is 0.247 e. The predicted molar refractivity (Wildman–Crippen MR) is 136 cm³/mol. The first-order chi connectivity index (χ1) is 18.5. The summed E-state index contributed by atoms with van der Waals surface area (Å²) in [4.78, 5) is 30.8. The first kappa shape index (κ1) is 25.7. The Bertz CT molecular complexity index is 1360. The molecule has 1 fully saturated rings. The number of carbonyl (C=O) groups excluding carboxylic acids is 2. The van der Waals surface area contributed by atoms with Crippen molar-refractivity contribution in [3.8, 4) is 11.6 Å². The number of amides is 2. The average Bonchev–Trinajstić information content (AvgIpc) is 3.72. The lowest BCUT2D eigenvalue weighted by molar-refractivity contribution is -0.142. The summed E-state index contributed by atoms with van der Waals surface area (Å²) in [6.07, 6.45) is 1.72. The third-order valence-corrected chi connectivity index (χ3v) is 7.05. The molecule has 5 rings (SSSR count). The molecule has 0 bridgehead atoms. The van der Waals surface area contributed by atoms with E-state index in [0.29, 0.717) is 30.2 Å². The van der Waals surface area contributed by atoms with E-state index in [0.717, 1.165) is 17.7 Å². The molecule has 0 aliphatic carbocycles. The van der Waals surface area contributed by atoms with Crippen molar-refractivity contribution >= 4 is 23.2 Å². The van der Waals surface area contributed by atoms with E-state index in [1.54, 1.807) is 19.1 Å². The van der Waals surface area contributed by atoms with Gasteiger partial charge in [0.15, 0.2) is 5.76 Å². The Morgan fingerprint density at radius 2 is 2.08 bits per heavy atom. The molecule has 0 unspecified atom stereocenters. The Kier molecular flexibility index (Phi) is 7.89. The number of hydrogen-bond donors (Lipinski definition) is 1. The van der Waals surface area contributed by atoms with Crippen LogP contribution in [0.4, 0.5) is 4.39 Å². The highest BCUT2D eigenvalue weighted by Crippen LogP contribution is 2.26. The van der Waals surface area contributed by atoms with Crippen LogP contribution in [0.5, 0.6) is 0 Å². The lowest BCUT2D eigenvalue weighted by Crippen LogP contribution is -2.46. The van der Waals surface area contributed by atoms with Crippen LogP contribution >= 0.6 is 11.3 Å². The summed E-state index contributed by atoms with van der Waals surface area (Å²) in [5.41, 5.74) is 0.486. The molecule has 198 valence electrons. The molecule has 3 aromatic heterocycles. The van der Waals surface area contributed by atoms with E-state index in [9.17, 15) is 14.0 Å². The number of hydrogen-bond acceptors (Lipinski definition) is 8. The maximum atomic E-state index is 13.8. The van der Waals surface area contributed by atoms with Gasteiger partial charge in [-0.1, -0.05) is 18.2 Å². The minimum atomic E-state index is -1.01. The lowest BCUT2D eigenvalue weighted by Gasteiger charge is -2.31. The average molecular weight is 539 g/mol. The van der Waals surface area contributed by atoms with Crippen LogP contribution in [-0.2, 0) is 27.4 Å². The number of carbonyl (C=O) groups is 2. The zero-order valence-electron chi connectivity index (χ0n) is 20.7. The van der Waals surface area contributed by atoms with Crippen molar-refractivity contribution in [3.05, 3.63) is 75.9 Å². The molecule has 1 N–H and O–H groups in total. The van der Waals surface area contributed by atoms with Crippen LogP contribution in [0.1, 0.15) is 35.1 Å². The van der Waals surface area contributed by atoms with Crippen LogP contribution in [0, 0.1) is 12.7 Å². The molecule has 2 amide bonds. The van der Waals surface area contributed by atoms with Gasteiger partial charge >= 0.3 is 0 Å². The number of tetrazole rings is 1. The Balaban J connectivity index is 1.42. The second kappa shape index (κ2) is 11.7. The Morgan fingerprint density at radius 3 is 2.76 bits per heavy atom. The number of benzene rings is 1. The minimum Gasteiger partial charge on any atom is -0.458 e. The normalized spacial score (nSPS) is 15.9. The molecule has 2 atom stereocenters. The summed E-state index contributed by atoms with van der Waals surface area (Å²) in [5, 5.41) is 17.1. The van der Waals surface area contributed by atoms with Crippen LogP contribution in [0.25, 0.3) is 11.6 Å². The van der Waals surface area contributed by atoms with Gasteiger partial charge in [0.1, 0.15) is 24.2 Å². The van der Waals surface area contributed by atoms with E-state index in [-0.39, 0.29) is 30.9 Å². The standard InChI is InChI=1S/C26H27FN6O4S/c1-17-6-11-22(37-17)25-29-31-33(30-25)16-23(34)32(15-21-5-3-13-38-21)24(18-7-9-19(27)10-8-18)26(35)28-14-20-4-2-12-36-20/h3,5-11,13,20,24H,2,4,12,14-16H2,1H3,(H,28,35)/t20-,24-/m1/s1. The minimum absolute atomic E-state index is 0.0720. The summed E-state index contributed by atoms with van der Waals surface area (Å²) >= 11 is 1.47. The van der Waals surface area contributed by atoms with Crippen molar-refractivity contribution in [2.75, 3.05) is 13.2 Å². The number of nitrogens with zero attached hydrogens (tertiary/aromatic N) is 5. The topological polar surface area (TPSA) is 115 Å². The zero-order chi connectivity index (χ0) is 26.5. The Labute approximate surface area is 222 Å². The van der Waals surface area contributed by atoms with Gasteiger partial charge < -0.3 is 19.4 Å².